The van der Waals surface area contributed by atoms with Crippen LogP contribution in [-0.2, 0) is 21.4 Å². The number of hydrogen-bond acceptors (Lipinski definition) is 4. The zero-order valence-corrected chi connectivity index (χ0v) is 15.5. The number of nitrogens with one attached hydrogen (secondary N) is 1. The van der Waals surface area contributed by atoms with E-state index < -0.39 is 40.5 Å². The Morgan fingerprint density at radius 1 is 1.11 bits per heavy atom. The molecular formula is C18H17F3N2O4S. The van der Waals surface area contributed by atoms with Crippen molar-refractivity contribution in [1.82, 2.24) is 5.32 Å². The number of hydrogen-bond donors (Lipinski definition) is 1. The SMILES string of the molecule is CS(=O)(=O)N(Cc1ccc(C(=O)CNC(=O)C(F)F)cc1F)c1ccccc1. The summed E-state index contributed by atoms with van der Waals surface area (Å²) in [5.74, 6) is -3.20. The lowest BCUT2D eigenvalue weighted by Gasteiger charge is -2.22. The summed E-state index contributed by atoms with van der Waals surface area (Å²) in [5, 5.41) is 1.74. The minimum Gasteiger partial charge on any atom is -0.344 e. The maximum Gasteiger partial charge on any atom is 0.315 e. The second-order valence-corrected chi connectivity index (χ2v) is 7.76. The van der Waals surface area contributed by atoms with Gasteiger partial charge in [0, 0.05) is 11.1 Å². The topological polar surface area (TPSA) is 83.6 Å². The first kappa shape index (κ1) is 21.4. The first-order valence-electron chi connectivity index (χ1n) is 8.00. The summed E-state index contributed by atoms with van der Waals surface area (Å²) < 4.78 is 63.8. The minimum atomic E-state index is -3.70. The van der Waals surface area contributed by atoms with Crippen LogP contribution >= 0.6 is 0 Å². The fourth-order valence-electron chi connectivity index (χ4n) is 2.34. The highest BCUT2D eigenvalue weighted by molar-refractivity contribution is 7.92. The number of alkyl halides is 2. The van der Waals surface area contributed by atoms with Gasteiger partial charge in [0.05, 0.1) is 25.0 Å². The predicted octanol–water partition coefficient (Wildman–Crippen LogP) is 2.36. The molecule has 0 fully saturated rings. The molecule has 0 saturated carbocycles. The Balaban J connectivity index is 2.19. The van der Waals surface area contributed by atoms with Gasteiger partial charge in [-0.2, -0.15) is 8.78 Å². The van der Waals surface area contributed by atoms with Crippen molar-refractivity contribution < 1.29 is 31.2 Å². The van der Waals surface area contributed by atoms with E-state index in [1.165, 1.54) is 12.1 Å². The Kier molecular flexibility index (Phi) is 6.79. The highest BCUT2D eigenvalue weighted by atomic mass is 32.2. The van der Waals surface area contributed by atoms with Gasteiger partial charge in [0.1, 0.15) is 5.82 Å². The summed E-state index contributed by atoms with van der Waals surface area (Å²) in [5.41, 5.74) is 0.225. The van der Waals surface area contributed by atoms with E-state index >= 15 is 0 Å². The molecule has 0 aliphatic heterocycles. The molecule has 0 saturated heterocycles. The van der Waals surface area contributed by atoms with Crippen molar-refractivity contribution in [3.63, 3.8) is 0 Å². The van der Waals surface area contributed by atoms with E-state index in [0.717, 1.165) is 16.6 Å². The second kappa shape index (κ2) is 8.87. The van der Waals surface area contributed by atoms with Crippen molar-refractivity contribution >= 4 is 27.4 Å². The minimum absolute atomic E-state index is 0.0162. The molecule has 2 aromatic rings. The van der Waals surface area contributed by atoms with E-state index in [9.17, 15) is 31.2 Å². The van der Waals surface area contributed by atoms with Gasteiger partial charge in [0.15, 0.2) is 5.78 Å². The van der Waals surface area contributed by atoms with Crippen LogP contribution in [0.4, 0.5) is 18.9 Å². The van der Waals surface area contributed by atoms with Crippen LogP contribution in [0.3, 0.4) is 0 Å². The lowest BCUT2D eigenvalue weighted by molar-refractivity contribution is -0.131. The molecule has 2 rings (SSSR count). The molecule has 1 amide bonds. The summed E-state index contributed by atoms with van der Waals surface area (Å²) in [6, 6.07) is 11.4. The van der Waals surface area contributed by atoms with Crippen LogP contribution in [0.2, 0.25) is 0 Å². The summed E-state index contributed by atoms with van der Waals surface area (Å²) in [4.78, 5) is 22.7. The molecule has 0 atom stereocenters. The van der Waals surface area contributed by atoms with Gasteiger partial charge >= 0.3 is 6.43 Å². The smallest absolute Gasteiger partial charge is 0.315 e. The first-order valence-corrected chi connectivity index (χ1v) is 9.84. The fourth-order valence-corrected chi connectivity index (χ4v) is 3.22. The van der Waals surface area contributed by atoms with E-state index in [1.54, 1.807) is 35.6 Å². The standard InChI is InChI=1S/C18H17F3N2O4S/c1-28(26,27)23(14-5-3-2-4-6-14)11-13-8-7-12(9-15(13)19)16(24)10-22-18(25)17(20)21/h2-9,17H,10-11H2,1H3,(H,22,25). The number of benzene rings is 2. The van der Waals surface area contributed by atoms with Crippen molar-refractivity contribution in [3.8, 4) is 0 Å². The Morgan fingerprint density at radius 2 is 1.75 bits per heavy atom. The van der Waals surface area contributed by atoms with Crippen LogP contribution < -0.4 is 9.62 Å². The monoisotopic (exact) mass is 414 g/mol. The van der Waals surface area contributed by atoms with E-state index in [2.05, 4.69) is 0 Å². The number of sulfonamides is 1. The van der Waals surface area contributed by atoms with Crippen LogP contribution in [0.1, 0.15) is 15.9 Å². The van der Waals surface area contributed by atoms with Crippen molar-refractivity contribution in [2.45, 2.75) is 13.0 Å². The zero-order valence-electron chi connectivity index (χ0n) is 14.7. The average Bonchev–Trinajstić information content (AvgIpc) is 2.64. The van der Waals surface area contributed by atoms with E-state index in [1.807, 2.05) is 0 Å². The molecule has 150 valence electrons. The summed E-state index contributed by atoms with van der Waals surface area (Å²) in [7, 11) is -3.70. The summed E-state index contributed by atoms with van der Waals surface area (Å²) in [6.45, 7) is -1.01. The Morgan fingerprint density at radius 3 is 2.29 bits per heavy atom. The van der Waals surface area contributed by atoms with Gasteiger partial charge in [-0.05, 0) is 18.2 Å². The molecule has 28 heavy (non-hydrogen) atoms. The number of Topliss-reactive ketones (excluding diaryl/α,β-unsaturated/α-hetero) is 1. The van der Waals surface area contributed by atoms with Crippen molar-refractivity contribution in [1.29, 1.82) is 0 Å². The van der Waals surface area contributed by atoms with Crippen LogP contribution in [0.25, 0.3) is 0 Å². The lowest BCUT2D eigenvalue weighted by atomic mass is 10.1. The van der Waals surface area contributed by atoms with Crippen LogP contribution in [-0.4, -0.2) is 39.3 Å². The molecule has 0 spiro atoms. The third-order valence-corrected chi connectivity index (χ3v) is 4.90. The largest absolute Gasteiger partial charge is 0.344 e. The molecule has 0 aliphatic carbocycles. The summed E-state index contributed by atoms with van der Waals surface area (Å²) in [6.07, 6.45) is -2.27. The number of carbonyl (C=O) groups is 2. The van der Waals surface area contributed by atoms with E-state index in [-0.39, 0.29) is 17.7 Å². The Bertz CT molecular complexity index is 966. The van der Waals surface area contributed by atoms with Crippen LogP contribution in [0.15, 0.2) is 48.5 Å². The van der Waals surface area contributed by atoms with Crippen molar-refractivity contribution in [2.75, 3.05) is 17.1 Å². The molecule has 0 unspecified atom stereocenters. The zero-order chi connectivity index (χ0) is 20.9. The van der Waals surface area contributed by atoms with Gasteiger partial charge in [-0.25, -0.2) is 12.8 Å². The highest BCUT2D eigenvalue weighted by Crippen LogP contribution is 2.22. The molecule has 6 nitrogen and oxygen atoms in total. The summed E-state index contributed by atoms with van der Waals surface area (Å²) >= 11 is 0. The Hall–Kier alpha value is -2.88. The maximum atomic E-state index is 14.4. The molecule has 10 heteroatoms. The van der Waals surface area contributed by atoms with Gasteiger partial charge in [0.25, 0.3) is 5.91 Å². The van der Waals surface area contributed by atoms with Gasteiger partial charge in [0.2, 0.25) is 10.0 Å². The van der Waals surface area contributed by atoms with Gasteiger partial charge in [-0.3, -0.25) is 13.9 Å². The van der Waals surface area contributed by atoms with Gasteiger partial charge < -0.3 is 5.32 Å². The molecule has 0 heterocycles. The third-order valence-electron chi connectivity index (χ3n) is 3.75. The van der Waals surface area contributed by atoms with Crippen molar-refractivity contribution in [2.24, 2.45) is 0 Å². The quantitative estimate of drug-likeness (QED) is 0.673. The molecule has 0 bridgehead atoms. The van der Waals surface area contributed by atoms with E-state index in [4.69, 9.17) is 0 Å². The number of carbonyl (C=O) groups excluding carboxylic acids is 2. The molecular weight excluding hydrogens is 397 g/mol. The number of rotatable bonds is 8. The normalized spacial score (nSPS) is 11.3. The van der Waals surface area contributed by atoms with Gasteiger partial charge in [-0.15, -0.1) is 0 Å². The molecule has 1 N–H and O–H groups in total. The Labute approximate surface area is 160 Å². The molecule has 2 aromatic carbocycles. The number of para-hydroxylation sites is 1. The predicted molar refractivity (Wildman–Crippen MR) is 97.2 cm³/mol. The number of nitrogens with zero attached hydrogens (tertiary/aromatic N) is 1. The highest BCUT2D eigenvalue weighted by Gasteiger charge is 2.21. The fraction of sp³-hybridized carbons (Fsp3) is 0.222. The van der Waals surface area contributed by atoms with Crippen molar-refractivity contribution in [3.05, 3.63) is 65.5 Å². The first-order chi connectivity index (χ1) is 13.1. The molecule has 0 aliphatic rings. The number of halogens is 3. The van der Waals surface area contributed by atoms with E-state index in [0.29, 0.717) is 5.69 Å². The van der Waals surface area contributed by atoms with Crippen LogP contribution in [0.5, 0.6) is 0 Å². The number of ketones is 1. The average molecular weight is 414 g/mol. The second-order valence-electron chi connectivity index (χ2n) is 5.85. The number of anilines is 1. The van der Waals surface area contributed by atoms with Crippen LogP contribution in [0, 0.1) is 5.82 Å². The lowest BCUT2D eigenvalue weighted by Crippen LogP contribution is -2.34. The maximum absolute atomic E-state index is 14.4. The molecule has 0 radical (unpaired) electrons. The molecule has 0 aromatic heterocycles. The number of amides is 1. The van der Waals surface area contributed by atoms with Gasteiger partial charge in [-0.1, -0.05) is 30.3 Å². The third kappa shape index (κ3) is 5.56.